The molecule has 1 aliphatic carbocycles. The fourth-order valence-electron chi connectivity index (χ4n) is 1.74. The molecule has 0 spiro atoms. The van der Waals surface area contributed by atoms with Crippen LogP contribution in [0.1, 0.15) is 18.9 Å². The third kappa shape index (κ3) is 3.53. The molecular formula is C13H17Cl2N3. The molecule has 0 saturated heterocycles. The highest BCUT2D eigenvalue weighted by Crippen LogP contribution is 2.28. The Labute approximate surface area is 118 Å². The zero-order valence-corrected chi connectivity index (χ0v) is 12.0. The fraction of sp³-hybridized carbons (Fsp3) is 0.462. The van der Waals surface area contributed by atoms with Gasteiger partial charge in [-0.1, -0.05) is 36.2 Å². The van der Waals surface area contributed by atoms with Crippen molar-refractivity contribution in [1.82, 2.24) is 10.6 Å². The lowest BCUT2D eigenvalue weighted by Crippen LogP contribution is -2.38. The Morgan fingerprint density at radius 1 is 1.44 bits per heavy atom. The first-order chi connectivity index (χ1) is 8.60. The Balaban J connectivity index is 1.89. The lowest BCUT2D eigenvalue weighted by atomic mass is 10.2. The van der Waals surface area contributed by atoms with Crippen LogP contribution < -0.4 is 10.6 Å². The second kappa shape index (κ2) is 5.81. The van der Waals surface area contributed by atoms with Gasteiger partial charge in [0.2, 0.25) is 0 Å². The lowest BCUT2D eigenvalue weighted by Gasteiger charge is -2.12. The van der Waals surface area contributed by atoms with Crippen molar-refractivity contribution in [3.8, 4) is 0 Å². The largest absolute Gasteiger partial charge is 0.353 e. The van der Waals surface area contributed by atoms with Crippen LogP contribution in [0.3, 0.4) is 0 Å². The van der Waals surface area contributed by atoms with E-state index in [2.05, 4.69) is 22.5 Å². The number of nitrogens with one attached hydrogen (secondary N) is 2. The molecule has 1 aliphatic rings. The first kappa shape index (κ1) is 13.5. The summed E-state index contributed by atoms with van der Waals surface area (Å²) in [6, 6.07) is 6.06. The van der Waals surface area contributed by atoms with Gasteiger partial charge in [-0.15, -0.1) is 0 Å². The van der Waals surface area contributed by atoms with E-state index in [-0.39, 0.29) is 0 Å². The van der Waals surface area contributed by atoms with Gasteiger partial charge in [0.25, 0.3) is 0 Å². The Bertz CT molecular complexity index is 460. The summed E-state index contributed by atoms with van der Waals surface area (Å²) in [5.41, 5.74) is 1.01. The quantitative estimate of drug-likeness (QED) is 0.662. The molecule has 18 heavy (non-hydrogen) atoms. The molecule has 1 saturated carbocycles. The zero-order valence-electron chi connectivity index (χ0n) is 10.5. The molecular weight excluding hydrogens is 269 g/mol. The Morgan fingerprint density at radius 3 is 2.72 bits per heavy atom. The number of guanidine groups is 1. The van der Waals surface area contributed by atoms with Crippen molar-refractivity contribution in [3.63, 3.8) is 0 Å². The van der Waals surface area contributed by atoms with E-state index in [1.54, 1.807) is 13.1 Å². The van der Waals surface area contributed by atoms with Crippen molar-refractivity contribution in [2.45, 2.75) is 25.9 Å². The minimum Gasteiger partial charge on any atom is -0.353 e. The predicted octanol–water partition coefficient (Wildman–Crippen LogP) is 3.07. The number of hydrogen-bond donors (Lipinski definition) is 2. The summed E-state index contributed by atoms with van der Waals surface area (Å²) in [6.07, 6.45) is 1.21. The number of hydrogen-bond acceptors (Lipinski definition) is 1. The van der Waals surface area contributed by atoms with Crippen molar-refractivity contribution in [1.29, 1.82) is 0 Å². The van der Waals surface area contributed by atoms with Gasteiger partial charge in [-0.05, 0) is 30.0 Å². The molecule has 2 N–H and O–H groups in total. The third-order valence-corrected chi connectivity index (χ3v) is 3.70. The maximum Gasteiger partial charge on any atom is 0.191 e. The van der Waals surface area contributed by atoms with E-state index < -0.39 is 0 Å². The summed E-state index contributed by atoms with van der Waals surface area (Å²) in [5.74, 6) is 1.55. The summed E-state index contributed by atoms with van der Waals surface area (Å²) in [6.45, 7) is 2.86. The second-order valence-corrected chi connectivity index (χ2v) is 5.47. The minimum absolute atomic E-state index is 0.553. The first-order valence-corrected chi connectivity index (χ1v) is 6.77. The molecule has 0 aliphatic heterocycles. The number of aliphatic imine (C=N–C) groups is 1. The summed E-state index contributed by atoms with van der Waals surface area (Å²) < 4.78 is 0. The summed E-state index contributed by atoms with van der Waals surface area (Å²) in [5, 5.41) is 7.93. The Hall–Kier alpha value is -0.930. The highest BCUT2D eigenvalue weighted by molar-refractivity contribution is 6.35. The van der Waals surface area contributed by atoms with Crippen LogP contribution in [0.2, 0.25) is 10.0 Å². The normalized spacial score (nSPS) is 22.8. The SMILES string of the molecule is CN=C(NCc1ccc(Cl)cc1Cl)NC1CC1C. The van der Waals surface area contributed by atoms with Gasteiger partial charge in [-0.2, -0.15) is 0 Å². The van der Waals surface area contributed by atoms with E-state index in [9.17, 15) is 0 Å². The van der Waals surface area contributed by atoms with Gasteiger partial charge < -0.3 is 10.6 Å². The van der Waals surface area contributed by atoms with E-state index in [0.29, 0.717) is 22.6 Å². The van der Waals surface area contributed by atoms with Crippen LogP contribution in [0.4, 0.5) is 0 Å². The highest BCUT2D eigenvalue weighted by atomic mass is 35.5. The van der Waals surface area contributed by atoms with Crippen LogP contribution >= 0.6 is 23.2 Å². The van der Waals surface area contributed by atoms with E-state index in [1.807, 2.05) is 12.1 Å². The average molecular weight is 286 g/mol. The van der Waals surface area contributed by atoms with Crippen LogP contribution in [0.5, 0.6) is 0 Å². The fourth-order valence-corrected chi connectivity index (χ4v) is 2.21. The molecule has 0 amide bonds. The topological polar surface area (TPSA) is 36.4 Å². The number of rotatable bonds is 3. The Morgan fingerprint density at radius 2 is 2.17 bits per heavy atom. The summed E-state index contributed by atoms with van der Waals surface area (Å²) in [7, 11) is 1.77. The van der Waals surface area contributed by atoms with Gasteiger partial charge in [0.15, 0.2) is 5.96 Å². The molecule has 0 aromatic heterocycles. The predicted molar refractivity (Wildman–Crippen MR) is 77.4 cm³/mol. The summed E-state index contributed by atoms with van der Waals surface area (Å²) >= 11 is 12.0. The van der Waals surface area contributed by atoms with Crippen molar-refractivity contribution in [2.24, 2.45) is 10.9 Å². The number of benzene rings is 1. The molecule has 0 bridgehead atoms. The standard InChI is InChI=1S/C13H17Cl2N3/c1-8-5-12(8)18-13(16-2)17-7-9-3-4-10(14)6-11(9)15/h3-4,6,8,12H,5,7H2,1-2H3,(H2,16,17,18). The van der Waals surface area contributed by atoms with Crippen molar-refractivity contribution in [2.75, 3.05) is 7.05 Å². The number of nitrogens with zero attached hydrogens (tertiary/aromatic N) is 1. The van der Waals surface area contributed by atoms with Crippen LogP contribution in [0.25, 0.3) is 0 Å². The molecule has 1 aromatic rings. The van der Waals surface area contributed by atoms with Crippen molar-refractivity contribution in [3.05, 3.63) is 33.8 Å². The lowest BCUT2D eigenvalue weighted by molar-refractivity contribution is 0.763. The third-order valence-electron chi connectivity index (χ3n) is 3.12. The van der Waals surface area contributed by atoms with Gasteiger partial charge in [-0.3, -0.25) is 4.99 Å². The average Bonchev–Trinajstić information content (AvgIpc) is 3.02. The van der Waals surface area contributed by atoms with E-state index in [0.717, 1.165) is 17.4 Å². The molecule has 1 aromatic carbocycles. The molecule has 2 unspecified atom stereocenters. The highest BCUT2D eigenvalue weighted by Gasteiger charge is 2.33. The van der Waals surface area contributed by atoms with Crippen LogP contribution in [0, 0.1) is 5.92 Å². The molecule has 98 valence electrons. The maximum absolute atomic E-state index is 6.11. The Kier molecular flexibility index (Phi) is 4.36. The maximum atomic E-state index is 6.11. The molecule has 2 rings (SSSR count). The van der Waals surface area contributed by atoms with Crippen LogP contribution in [-0.4, -0.2) is 19.0 Å². The van der Waals surface area contributed by atoms with Crippen LogP contribution in [-0.2, 0) is 6.54 Å². The number of halogens is 2. The van der Waals surface area contributed by atoms with Crippen molar-refractivity contribution >= 4 is 29.2 Å². The molecule has 5 heteroatoms. The zero-order chi connectivity index (χ0) is 13.1. The molecule has 0 radical (unpaired) electrons. The monoisotopic (exact) mass is 285 g/mol. The molecule has 1 fully saturated rings. The first-order valence-electron chi connectivity index (χ1n) is 6.01. The van der Waals surface area contributed by atoms with E-state index >= 15 is 0 Å². The van der Waals surface area contributed by atoms with Gasteiger partial charge in [0, 0.05) is 29.7 Å². The van der Waals surface area contributed by atoms with Crippen molar-refractivity contribution < 1.29 is 0 Å². The van der Waals surface area contributed by atoms with Gasteiger partial charge in [-0.25, -0.2) is 0 Å². The minimum atomic E-state index is 0.553. The van der Waals surface area contributed by atoms with E-state index in [4.69, 9.17) is 23.2 Å². The molecule has 0 heterocycles. The van der Waals surface area contributed by atoms with Crippen LogP contribution in [0.15, 0.2) is 23.2 Å². The summed E-state index contributed by atoms with van der Waals surface area (Å²) in [4.78, 5) is 4.19. The van der Waals surface area contributed by atoms with E-state index in [1.165, 1.54) is 6.42 Å². The van der Waals surface area contributed by atoms with Gasteiger partial charge in [0.05, 0.1) is 0 Å². The van der Waals surface area contributed by atoms with Gasteiger partial charge in [0.1, 0.15) is 0 Å². The molecule has 2 atom stereocenters. The molecule has 3 nitrogen and oxygen atoms in total. The smallest absolute Gasteiger partial charge is 0.191 e. The van der Waals surface area contributed by atoms with Gasteiger partial charge >= 0.3 is 0 Å². The second-order valence-electron chi connectivity index (χ2n) is 4.63.